The third kappa shape index (κ3) is 2.38. The van der Waals surface area contributed by atoms with Gasteiger partial charge in [-0.2, -0.15) is 5.11 Å². The maximum atomic E-state index is 7.13. The van der Waals surface area contributed by atoms with E-state index in [-0.39, 0.29) is 0 Å². The van der Waals surface area contributed by atoms with Crippen LogP contribution in [0.2, 0.25) is 0 Å². The van der Waals surface area contributed by atoms with E-state index in [2.05, 4.69) is 10.0 Å². The van der Waals surface area contributed by atoms with Gasteiger partial charge in [0.1, 0.15) is 17.2 Å². The molecule has 0 radical (unpaired) electrons. The van der Waals surface area contributed by atoms with Crippen molar-refractivity contribution in [1.82, 2.24) is 0 Å². The standard InChI is InChI=1S/C12H17N3O3/c1-16-11-8-10(15-3-5-18-6-4-15)12(17-2)7-9(11)14-13/h7-8,13H,3-6H2,1-2H3. The number of hydrogen-bond acceptors (Lipinski definition) is 6. The van der Waals surface area contributed by atoms with E-state index in [1.54, 1.807) is 20.3 Å². The highest BCUT2D eigenvalue weighted by Crippen LogP contribution is 2.40. The van der Waals surface area contributed by atoms with Crippen molar-refractivity contribution in [3.63, 3.8) is 0 Å². The van der Waals surface area contributed by atoms with Gasteiger partial charge in [-0.15, -0.1) is 0 Å². The predicted octanol–water partition coefficient (Wildman–Crippen LogP) is 2.20. The first-order chi connectivity index (χ1) is 8.80. The molecule has 0 spiro atoms. The number of nitrogens with one attached hydrogen (secondary N) is 1. The van der Waals surface area contributed by atoms with Crippen molar-refractivity contribution < 1.29 is 14.2 Å². The highest BCUT2D eigenvalue weighted by Gasteiger charge is 2.18. The van der Waals surface area contributed by atoms with Crippen molar-refractivity contribution in [3.8, 4) is 11.5 Å². The fourth-order valence-corrected chi connectivity index (χ4v) is 2.00. The normalized spacial score (nSPS) is 15.3. The van der Waals surface area contributed by atoms with Gasteiger partial charge in [-0.3, -0.25) is 0 Å². The number of methoxy groups -OCH3 is 2. The summed E-state index contributed by atoms with van der Waals surface area (Å²) in [6.07, 6.45) is 0. The van der Waals surface area contributed by atoms with Crippen LogP contribution in [0.15, 0.2) is 17.2 Å². The number of anilines is 1. The lowest BCUT2D eigenvalue weighted by Crippen LogP contribution is -2.36. The van der Waals surface area contributed by atoms with Gasteiger partial charge in [-0.1, -0.05) is 0 Å². The van der Waals surface area contributed by atoms with E-state index in [0.717, 1.165) is 18.8 Å². The molecule has 1 aliphatic heterocycles. The monoisotopic (exact) mass is 251 g/mol. The molecule has 1 aliphatic rings. The lowest BCUT2D eigenvalue weighted by molar-refractivity contribution is 0.122. The Morgan fingerprint density at radius 1 is 1.17 bits per heavy atom. The Bertz CT molecular complexity index is 431. The van der Waals surface area contributed by atoms with Crippen LogP contribution in [0.4, 0.5) is 11.4 Å². The first kappa shape index (κ1) is 12.6. The molecule has 1 heterocycles. The quantitative estimate of drug-likeness (QED) is 0.833. The van der Waals surface area contributed by atoms with E-state index in [9.17, 15) is 0 Å². The van der Waals surface area contributed by atoms with Gasteiger partial charge in [-0.25, -0.2) is 5.53 Å². The van der Waals surface area contributed by atoms with E-state index >= 15 is 0 Å². The molecule has 18 heavy (non-hydrogen) atoms. The summed E-state index contributed by atoms with van der Waals surface area (Å²) in [7, 11) is 3.18. The summed E-state index contributed by atoms with van der Waals surface area (Å²) in [6, 6.07) is 3.58. The largest absolute Gasteiger partial charge is 0.494 e. The van der Waals surface area contributed by atoms with Crippen LogP contribution >= 0.6 is 0 Å². The molecule has 1 aromatic rings. The number of ether oxygens (including phenoxy) is 3. The van der Waals surface area contributed by atoms with E-state index in [1.807, 2.05) is 6.07 Å². The smallest absolute Gasteiger partial charge is 0.148 e. The molecular weight excluding hydrogens is 234 g/mol. The number of hydrogen-bond donors (Lipinski definition) is 1. The molecule has 1 aromatic carbocycles. The molecule has 98 valence electrons. The van der Waals surface area contributed by atoms with Gasteiger partial charge in [0.05, 0.1) is 33.1 Å². The number of nitrogens with zero attached hydrogens (tertiary/aromatic N) is 2. The van der Waals surface area contributed by atoms with E-state index < -0.39 is 0 Å². The summed E-state index contributed by atoms with van der Waals surface area (Å²) < 4.78 is 15.9. The maximum absolute atomic E-state index is 7.13. The fourth-order valence-electron chi connectivity index (χ4n) is 2.00. The van der Waals surface area contributed by atoms with Crippen LogP contribution < -0.4 is 14.4 Å². The highest BCUT2D eigenvalue weighted by atomic mass is 16.5. The molecule has 1 N–H and O–H groups in total. The minimum atomic E-state index is 0.464. The van der Waals surface area contributed by atoms with Crippen LogP contribution in [-0.4, -0.2) is 40.5 Å². The average Bonchev–Trinajstić information content (AvgIpc) is 2.46. The van der Waals surface area contributed by atoms with Gasteiger partial charge in [0.25, 0.3) is 0 Å². The summed E-state index contributed by atoms with van der Waals surface area (Å²) in [5.74, 6) is 1.27. The van der Waals surface area contributed by atoms with Crippen molar-refractivity contribution in [3.05, 3.63) is 12.1 Å². The van der Waals surface area contributed by atoms with Crippen molar-refractivity contribution >= 4 is 11.4 Å². The van der Waals surface area contributed by atoms with Gasteiger partial charge in [-0.05, 0) is 0 Å². The molecule has 0 bridgehead atoms. The number of benzene rings is 1. The molecule has 0 aliphatic carbocycles. The van der Waals surface area contributed by atoms with Crippen molar-refractivity contribution in [1.29, 1.82) is 5.53 Å². The number of rotatable bonds is 4. The molecule has 1 saturated heterocycles. The van der Waals surface area contributed by atoms with E-state index in [0.29, 0.717) is 30.4 Å². The molecule has 0 unspecified atom stereocenters. The van der Waals surface area contributed by atoms with Crippen molar-refractivity contribution in [2.45, 2.75) is 0 Å². The summed E-state index contributed by atoms with van der Waals surface area (Å²) in [6.45, 7) is 3.04. The summed E-state index contributed by atoms with van der Waals surface area (Å²) in [4.78, 5) is 2.18. The summed E-state index contributed by atoms with van der Waals surface area (Å²) in [5.41, 5.74) is 8.54. The minimum Gasteiger partial charge on any atom is -0.494 e. The Balaban J connectivity index is 2.40. The lowest BCUT2D eigenvalue weighted by Gasteiger charge is -2.30. The van der Waals surface area contributed by atoms with Gasteiger partial charge in [0.2, 0.25) is 0 Å². The second-order valence-corrected chi connectivity index (χ2v) is 3.91. The topological polar surface area (TPSA) is 67.1 Å². The van der Waals surface area contributed by atoms with Crippen LogP contribution in [0.3, 0.4) is 0 Å². The minimum absolute atomic E-state index is 0.464. The Kier molecular flexibility index (Phi) is 3.99. The predicted molar refractivity (Wildman–Crippen MR) is 67.4 cm³/mol. The van der Waals surface area contributed by atoms with Gasteiger partial charge in [0, 0.05) is 25.2 Å². The van der Waals surface area contributed by atoms with Crippen molar-refractivity contribution in [2.24, 2.45) is 5.11 Å². The van der Waals surface area contributed by atoms with Crippen LogP contribution in [0.1, 0.15) is 0 Å². The Labute approximate surface area is 106 Å². The van der Waals surface area contributed by atoms with Crippen LogP contribution in [0, 0.1) is 5.53 Å². The molecule has 0 aromatic heterocycles. The van der Waals surface area contributed by atoms with Crippen molar-refractivity contribution in [2.75, 3.05) is 45.4 Å². The van der Waals surface area contributed by atoms with Gasteiger partial charge >= 0.3 is 0 Å². The molecule has 6 heteroatoms. The fraction of sp³-hybridized carbons (Fsp3) is 0.500. The third-order valence-corrected chi connectivity index (χ3v) is 2.95. The zero-order valence-electron chi connectivity index (χ0n) is 10.6. The molecule has 0 saturated carbocycles. The SMILES string of the molecule is COc1cc(N2CCOCC2)c(OC)cc1N=N. The molecular formula is C12H17N3O3. The Morgan fingerprint density at radius 3 is 2.39 bits per heavy atom. The van der Waals surface area contributed by atoms with Gasteiger partial charge in [0.15, 0.2) is 0 Å². The zero-order valence-corrected chi connectivity index (χ0v) is 10.6. The lowest BCUT2D eigenvalue weighted by atomic mass is 10.2. The molecule has 0 atom stereocenters. The zero-order chi connectivity index (χ0) is 13.0. The average molecular weight is 251 g/mol. The first-order valence-electron chi connectivity index (χ1n) is 5.76. The van der Waals surface area contributed by atoms with Gasteiger partial charge < -0.3 is 19.1 Å². The van der Waals surface area contributed by atoms with Crippen LogP contribution in [0.25, 0.3) is 0 Å². The summed E-state index contributed by atoms with van der Waals surface area (Å²) in [5, 5.41) is 3.44. The Hall–Kier alpha value is -1.82. The van der Waals surface area contributed by atoms with E-state index in [4.69, 9.17) is 19.7 Å². The second-order valence-electron chi connectivity index (χ2n) is 3.91. The van der Waals surface area contributed by atoms with Crippen LogP contribution in [-0.2, 0) is 4.74 Å². The molecule has 6 nitrogen and oxygen atoms in total. The first-order valence-corrected chi connectivity index (χ1v) is 5.76. The van der Waals surface area contributed by atoms with Crippen LogP contribution in [0.5, 0.6) is 11.5 Å². The highest BCUT2D eigenvalue weighted by molar-refractivity contribution is 5.69. The molecule has 2 rings (SSSR count). The summed E-state index contributed by atoms with van der Waals surface area (Å²) >= 11 is 0. The second kappa shape index (κ2) is 5.68. The third-order valence-electron chi connectivity index (χ3n) is 2.95. The number of morpholine rings is 1. The van der Waals surface area contributed by atoms with E-state index in [1.165, 1.54) is 0 Å². The maximum Gasteiger partial charge on any atom is 0.148 e. The Morgan fingerprint density at radius 2 is 1.83 bits per heavy atom. The molecule has 1 fully saturated rings. The molecule has 0 amide bonds.